The summed E-state index contributed by atoms with van der Waals surface area (Å²) in [4.78, 5) is 34.8. The summed E-state index contributed by atoms with van der Waals surface area (Å²) in [7, 11) is 0. The number of esters is 1. The molecule has 1 amide bonds. The molecule has 8 nitrogen and oxygen atoms in total. The Labute approximate surface area is 214 Å². The van der Waals surface area contributed by atoms with E-state index in [4.69, 9.17) is 10.5 Å². The van der Waals surface area contributed by atoms with E-state index in [9.17, 15) is 14.0 Å². The first-order valence-electron chi connectivity index (χ1n) is 10.5. The molecule has 1 saturated heterocycles. The molecule has 2 aromatic rings. The third-order valence-electron chi connectivity index (χ3n) is 4.90. The van der Waals surface area contributed by atoms with E-state index in [1.807, 2.05) is 10.3 Å². The van der Waals surface area contributed by atoms with Crippen LogP contribution in [0.4, 0.5) is 4.39 Å². The molecule has 4 rings (SSSR count). The van der Waals surface area contributed by atoms with Crippen molar-refractivity contribution in [1.82, 2.24) is 15.2 Å². The summed E-state index contributed by atoms with van der Waals surface area (Å²) < 4.78 is 18.1. The molecule has 0 aliphatic carbocycles. The molecule has 1 unspecified atom stereocenters. The van der Waals surface area contributed by atoms with E-state index < -0.39 is 0 Å². The van der Waals surface area contributed by atoms with Crippen LogP contribution >= 0.6 is 39.0 Å². The number of thiazole rings is 1. The number of aromatic nitrogens is 1. The Hall–Kier alpha value is -2.28. The van der Waals surface area contributed by atoms with Gasteiger partial charge in [0.05, 0.1) is 24.8 Å². The second kappa shape index (κ2) is 13.0. The van der Waals surface area contributed by atoms with Crippen LogP contribution in [0, 0.1) is 5.82 Å². The number of benzene rings is 1. The molecular formula is C22H25BrFN5O3S2. The summed E-state index contributed by atoms with van der Waals surface area (Å²) in [5, 5.41) is 5.85. The maximum atomic E-state index is 12.3. The average molecular weight is 571 g/mol. The number of carbonyl (C=O) groups is 2. The number of rotatable bonds is 6. The predicted octanol–water partition coefficient (Wildman–Crippen LogP) is 2.80. The third-order valence-corrected chi connectivity index (χ3v) is 7.20. The van der Waals surface area contributed by atoms with Gasteiger partial charge in [-0.1, -0.05) is 22.0 Å². The van der Waals surface area contributed by atoms with Gasteiger partial charge in [0.25, 0.3) is 0 Å². The van der Waals surface area contributed by atoms with Crippen molar-refractivity contribution in [3.63, 3.8) is 0 Å². The smallest absolute Gasteiger partial charge is 0.337 e. The highest BCUT2D eigenvalue weighted by molar-refractivity contribution is 9.10. The van der Waals surface area contributed by atoms with Crippen molar-refractivity contribution in [3.05, 3.63) is 62.4 Å². The topological polar surface area (TPSA) is 110 Å². The second-order valence-corrected chi connectivity index (χ2v) is 10.2. The monoisotopic (exact) mass is 569 g/mol. The number of amidine groups is 1. The highest BCUT2D eigenvalue weighted by Crippen LogP contribution is 2.21. The summed E-state index contributed by atoms with van der Waals surface area (Å²) in [6, 6.07) is 5.90. The molecule has 182 valence electrons. The van der Waals surface area contributed by atoms with E-state index in [2.05, 4.69) is 31.2 Å². The Balaban J connectivity index is 0.000000343. The van der Waals surface area contributed by atoms with Gasteiger partial charge in [0.1, 0.15) is 5.82 Å². The number of aliphatic imine (C=N–C) groups is 1. The van der Waals surface area contributed by atoms with Gasteiger partial charge in [0.2, 0.25) is 5.91 Å². The highest BCUT2D eigenvalue weighted by Gasteiger charge is 2.31. The van der Waals surface area contributed by atoms with Crippen molar-refractivity contribution in [2.24, 2.45) is 10.7 Å². The number of amides is 1. The summed E-state index contributed by atoms with van der Waals surface area (Å²) in [6.07, 6.45) is 1.71. The molecule has 1 fully saturated rings. The van der Waals surface area contributed by atoms with Crippen molar-refractivity contribution in [2.75, 3.05) is 37.7 Å². The fourth-order valence-electron chi connectivity index (χ4n) is 3.27. The molecule has 3 heterocycles. The minimum absolute atomic E-state index is 0.209. The van der Waals surface area contributed by atoms with Gasteiger partial charge in [-0.05, 0) is 25.1 Å². The lowest BCUT2D eigenvalue weighted by atomic mass is 10.1. The van der Waals surface area contributed by atoms with Gasteiger partial charge >= 0.3 is 5.97 Å². The lowest BCUT2D eigenvalue weighted by Gasteiger charge is -2.35. The van der Waals surface area contributed by atoms with Crippen LogP contribution in [0.25, 0.3) is 0 Å². The van der Waals surface area contributed by atoms with Crippen LogP contribution in [-0.4, -0.2) is 71.4 Å². The first kappa shape index (κ1) is 26.3. The lowest BCUT2D eigenvalue weighted by molar-refractivity contribution is -0.138. The van der Waals surface area contributed by atoms with Crippen molar-refractivity contribution in [1.29, 1.82) is 0 Å². The van der Waals surface area contributed by atoms with E-state index in [0.29, 0.717) is 36.0 Å². The Morgan fingerprint density at radius 3 is 2.85 bits per heavy atom. The maximum Gasteiger partial charge on any atom is 0.337 e. The molecule has 0 saturated carbocycles. The van der Waals surface area contributed by atoms with Gasteiger partial charge < -0.3 is 15.8 Å². The Morgan fingerprint density at radius 2 is 2.24 bits per heavy atom. The molecule has 2 aliphatic rings. The number of hydrogen-bond acceptors (Lipinski definition) is 9. The van der Waals surface area contributed by atoms with Gasteiger partial charge in [-0.2, -0.15) is 11.8 Å². The first-order valence-corrected chi connectivity index (χ1v) is 13.3. The fourth-order valence-corrected chi connectivity index (χ4v) is 5.37. The van der Waals surface area contributed by atoms with Crippen LogP contribution in [-0.2, 0) is 14.3 Å². The summed E-state index contributed by atoms with van der Waals surface area (Å²) in [6.45, 7) is 3.42. The number of hydrogen-bond donors (Lipinski definition) is 2. The van der Waals surface area contributed by atoms with Crippen molar-refractivity contribution >= 4 is 56.7 Å². The zero-order valence-corrected chi connectivity index (χ0v) is 21.7. The van der Waals surface area contributed by atoms with Crippen LogP contribution in [0.15, 0.2) is 56.6 Å². The lowest BCUT2D eigenvalue weighted by Crippen LogP contribution is -2.52. The molecule has 1 aromatic heterocycles. The number of carbonyl (C=O) groups excluding carboxylic acids is 2. The quantitative estimate of drug-likeness (QED) is 0.514. The molecule has 0 bridgehead atoms. The Bertz CT molecular complexity index is 1050. The van der Waals surface area contributed by atoms with Gasteiger partial charge in [-0.25, -0.2) is 14.2 Å². The number of nitrogens with zero attached hydrogens (tertiary/aromatic N) is 3. The van der Waals surface area contributed by atoms with Gasteiger partial charge in [0, 0.05) is 46.3 Å². The van der Waals surface area contributed by atoms with Crippen molar-refractivity contribution in [3.8, 4) is 0 Å². The largest absolute Gasteiger partial charge is 0.463 e. The summed E-state index contributed by atoms with van der Waals surface area (Å²) >= 11 is 6.30. The second-order valence-electron chi connectivity index (χ2n) is 7.21. The maximum absolute atomic E-state index is 12.3. The standard InChI is InChI=1S/C16H21N5O3S2.C6H4BrF/c1-2-24-16(23)10-7-19-14(15-18-3-5-26-15)20-11(10)8-21-4-6-25-9-12(21)13(17)22;7-5-2-1-3-6(8)4-5/h3,5,12H,2,4,6-9H2,1H3,(H2,17,22)(H,19,20);1-4H. The fraction of sp³-hybridized carbons (Fsp3) is 0.364. The van der Waals surface area contributed by atoms with Crippen LogP contribution in [0.3, 0.4) is 0 Å². The number of nitrogens with one attached hydrogen (secondary N) is 1. The van der Waals surface area contributed by atoms with E-state index >= 15 is 0 Å². The minimum atomic E-state index is -0.390. The number of halogens is 2. The zero-order chi connectivity index (χ0) is 24.5. The molecule has 34 heavy (non-hydrogen) atoms. The predicted molar refractivity (Wildman–Crippen MR) is 136 cm³/mol. The summed E-state index contributed by atoms with van der Waals surface area (Å²) in [5.41, 5.74) is 6.73. The number of ether oxygens (including phenoxy) is 1. The Kier molecular flexibility index (Phi) is 10.1. The number of primary amides is 1. The molecule has 0 radical (unpaired) electrons. The number of nitrogens with two attached hydrogens (primary N) is 1. The third kappa shape index (κ3) is 7.36. The SMILES string of the molecule is CCOC(=O)C1=C(CN2CCSCC2C(N)=O)NC(c2nccs2)=NC1.Fc1cccc(Br)c1. The minimum Gasteiger partial charge on any atom is -0.463 e. The molecule has 1 aromatic carbocycles. The highest BCUT2D eigenvalue weighted by atomic mass is 79.9. The van der Waals surface area contributed by atoms with Crippen molar-refractivity contribution in [2.45, 2.75) is 13.0 Å². The van der Waals surface area contributed by atoms with E-state index in [-0.39, 0.29) is 30.3 Å². The first-order chi connectivity index (χ1) is 16.4. The Morgan fingerprint density at radius 1 is 1.41 bits per heavy atom. The molecule has 1 atom stereocenters. The average Bonchev–Trinajstić information content (AvgIpc) is 3.35. The van der Waals surface area contributed by atoms with Gasteiger partial charge in [0.15, 0.2) is 10.8 Å². The van der Waals surface area contributed by atoms with Gasteiger partial charge in [-0.15, -0.1) is 11.3 Å². The van der Waals surface area contributed by atoms with Crippen LogP contribution in [0.2, 0.25) is 0 Å². The molecule has 3 N–H and O–H groups in total. The number of thioether (sulfide) groups is 1. The van der Waals surface area contributed by atoms with Crippen molar-refractivity contribution < 1.29 is 18.7 Å². The van der Waals surface area contributed by atoms with Crippen LogP contribution in [0.5, 0.6) is 0 Å². The van der Waals surface area contributed by atoms with E-state index in [0.717, 1.165) is 21.8 Å². The van der Waals surface area contributed by atoms with Crippen LogP contribution in [0.1, 0.15) is 11.9 Å². The molecule has 12 heteroatoms. The molecule has 0 spiro atoms. The van der Waals surface area contributed by atoms with Gasteiger partial charge in [-0.3, -0.25) is 14.7 Å². The van der Waals surface area contributed by atoms with E-state index in [1.165, 1.54) is 23.5 Å². The van der Waals surface area contributed by atoms with Crippen LogP contribution < -0.4 is 11.1 Å². The summed E-state index contributed by atoms with van der Waals surface area (Å²) in [5.74, 6) is 1.26. The zero-order valence-electron chi connectivity index (χ0n) is 18.5. The normalized spacial score (nSPS) is 18.3. The molecule has 2 aliphatic heterocycles. The van der Waals surface area contributed by atoms with E-state index in [1.54, 1.807) is 37.0 Å². The molecular weight excluding hydrogens is 545 g/mol.